The van der Waals surface area contributed by atoms with E-state index in [0.717, 1.165) is 25.7 Å². The van der Waals surface area contributed by atoms with Crippen LogP contribution in [0.15, 0.2) is 86.0 Å². The van der Waals surface area contributed by atoms with Crippen LogP contribution >= 0.6 is 0 Å². The normalized spacial score (nSPS) is 14.2. The second kappa shape index (κ2) is 23.3. The van der Waals surface area contributed by atoms with Gasteiger partial charge in [-0.1, -0.05) is 202 Å². The fourth-order valence-corrected chi connectivity index (χ4v) is 6.54. The van der Waals surface area contributed by atoms with Crippen LogP contribution in [0.1, 0.15) is 153 Å². The van der Waals surface area contributed by atoms with E-state index in [2.05, 4.69) is 99.8 Å². The Balaban J connectivity index is 2.11. The van der Waals surface area contributed by atoms with Gasteiger partial charge < -0.3 is 4.74 Å². The molecule has 240 valence electrons. The largest absolute Gasteiger partial charge is 0.360 e. The van der Waals surface area contributed by atoms with Crippen LogP contribution < -0.4 is 0 Å². The molecule has 0 spiro atoms. The Morgan fingerprint density at radius 3 is 1.07 bits per heavy atom. The molecule has 2 rings (SSSR count). The van der Waals surface area contributed by atoms with Gasteiger partial charge in [0.1, 0.15) is 0 Å². The Hall–Kier alpha value is -2.12. The van der Waals surface area contributed by atoms with Gasteiger partial charge in [0.25, 0.3) is 0 Å². The number of benzene rings is 2. The highest BCUT2D eigenvalue weighted by Gasteiger charge is 2.38. The van der Waals surface area contributed by atoms with Crippen LogP contribution in [0.3, 0.4) is 0 Å². The maximum atomic E-state index is 7.44. The third-order valence-electron chi connectivity index (χ3n) is 9.25. The van der Waals surface area contributed by atoms with Gasteiger partial charge in [0.2, 0.25) is 0 Å². The molecule has 2 atom stereocenters. The first-order valence-electron chi connectivity index (χ1n) is 18.2. The number of unbranched alkanes of at least 4 members (excludes halogenated alkanes) is 16. The third kappa shape index (κ3) is 16.0. The van der Waals surface area contributed by atoms with Gasteiger partial charge in [-0.15, -0.1) is 13.2 Å². The summed E-state index contributed by atoms with van der Waals surface area (Å²) in [7, 11) is 0. The van der Waals surface area contributed by atoms with E-state index in [4.69, 9.17) is 4.74 Å². The second-order valence-corrected chi connectivity index (χ2v) is 13.1. The minimum atomic E-state index is -0.412. The van der Waals surface area contributed by atoms with E-state index in [-0.39, 0.29) is 0 Å². The first-order chi connectivity index (χ1) is 21.1. The summed E-state index contributed by atoms with van der Waals surface area (Å²) in [4.78, 5) is 0. The summed E-state index contributed by atoms with van der Waals surface area (Å²) >= 11 is 0. The molecule has 0 N–H and O–H groups in total. The minimum Gasteiger partial charge on any atom is -0.360 e. The van der Waals surface area contributed by atoms with Crippen LogP contribution in [-0.4, -0.2) is 11.2 Å². The molecule has 2 aromatic rings. The molecule has 2 unspecified atom stereocenters. The summed E-state index contributed by atoms with van der Waals surface area (Å²) in [5.74, 6) is 0. The van der Waals surface area contributed by atoms with Crippen LogP contribution in [0.25, 0.3) is 0 Å². The van der Waals surface area contributed by atoms with Crippen LogP contribution in [0.2, 0.25) is 0 Å². The molecule has 0 saturated carbocycles. The molecule has 43 heavy (non-hydrogen) atoms. The molecular weight excluding hydrogens is 520 g/mol. The minimum absolute atomic E-state index is 0.412. The predicted octanol–water partition coefficient (Wildman–Crippen LogP) is 13.2. The topological polar surface area (TPSA) is 9.23 Å². The average Bonchev–Trinajstić information content (AvgIpc) is 3.04. The van der Waals surface area contributed by atoms with Crippen molar-refractivity contribution in [2.45, 2.75) is 166 Å². The lowest BCUT2D eigenvalue weighted by Gasteiger charge is -2.42. The van der Waals surface area contributed by atoms with Crippen molar-refractivity contribution >= 4 is 0 Å². The molecule has 0 aliphatic rings. The van der Waals surface area contributed by atoms with E-state index in [1.807, 2.05) is 0 Å². The van der Waals surface area contributed by atoms with Gasteiger partial charge in [0.05, 0.1) is 11.2 Å². The summed E-state index contributed by atoms with van der Waals surface area (Å²) in [6.07, 6.45) is 31.9. The molecule has 0 aromatic heterocycles. The second-order valence-electron chi connectivity index (χ2n) is 13.1. The van der Waals surface area contributed by atoms with Crippen molar-refractivity contribution in [1.29, 1.82) is 0 Å². The zero-order valence-corrected chi connectivity index (χ0v) is 28.3. The summed E-state index contributed by atoms with van der Waals surface area (Å²) in [5.41, 5.74) is 1.81. The van der Waals surface area contributed by atoms with E-state index >= 15 is 0 Å². The Morgan fingerprint density at radius 1 is 0.465 bits per heavy atom. The average molecular weight is 587 g/mol. The van der Waals surface area contributed by atoms with E-state index in [1.54, 1.807) is 0 Å². The SMILES string of the molecule is C=CC(CCCCCCCCCCC)(Cc1ccccc1)OC(C=C)(CCCCCCCCCCC)Cc1ccccc1. The maximum Gasteiger partial charge on any atom is 0.0912 e. The zero-order valence-electron chi connectivity index (χ0n) is 28.3. The highest BCUT2D eigenvalue weighted by Crippen LogP contribution is 2.37. The molecular formula is C42H66O. The van der Waals surface area contributed by atoms with E-state index in [9.17, 15) is 0 Å². The van der Waals surface area contributed by atoms with Crippen LogP contribution in [0, 0.1) is 0 Å². The van der Waals surface area contributed by atoms with Gasteiger partial charge in [-0.25, -0.2) is 0 Å². The predicted molar refractivity (Wildman–Crippen MR) is 191 cm³/mol. The molecule has 0 fully saturated rings. The standard InChI is InChI=1S/C42H66O/c1-5-9-11-13-15-17-19-21-29-35-41(7-3,37-39-31-25-23-26-32-39)43-42(8-4,38-40-33-27-24-28-34-40)36-30-22-20-18-16-14-12-10-6-2/h7-8,23-28,31-34H,3-6,9-22,29-30,35-38H2,1-2H3. The Bertz CT molecular complexity index is 856. The van der Waals surface area contributed by atoms with Gasteiger partial charge >= 0.3 is 0 Å². The van der Waals surface area contributed by atoms with Crippen molar-refractivity contribution < 1.29 is 4.74 Å². The fraction of sp³-hybridized carbons (Fsp3) is 0.619. The first kappa shape index (κ1) is 37.1. The molecule has 0 radical (unpaired) electrons. The van der Waals surface area contributed by atoms with E-state index in [0.29, 0.717) is 0 Å². The summed E-state index contributed by atoms with van der Waals surface area (Å²) < 4.78 is 7.44. The molecule has 0 bridgehead atoms. The molecule has 1 nitrogen and oxygen atoms in total. The number of hydrogen-bond acceptors (Lipinski definition) is 1. The maximum absolute atomic E-state index is 7.44. The highest BCUT2D eigenvalue weighted by molar-refractivity contribution is 5.23. The Morgan fingerprint density at radius 2 is 0.767 bits per heavy atom. The molecule has 0 saturated heterocycles. The molecule has 0 aliphatic carbocycles. The number of hydrogen-bond donors (Lipinski definition) is 0. The van der Waals surface area contributed by atoms with Crippen molar-refractivity contribution in [1.82, 2.24) is 0 Å². The van der Waals surface area contributed by atoms with Crippen molar-refractivity contribution in [2.75, 3.05) is 0 Å². The summed E-state index contributed by atoms with van der Waals surface area (Å²) in [6, 6.07) is 21.8. The zero-order chi connectivity index (χ0) is 30.9. The quantitative estimate of drug-likeness (QED) is 0.0711. The number of rotatable bonds is 28. The van der Waals surface area contributed by atoms with E-state index in [1.165, 1.54) is 127 Å². The smallest absolute Gasteiger partial charge is 0.0912 e. The van der Waals surface area contributed by atoms with Gasteiger partial charge in [-0.2, -0.15) is 0 Å². The monoisotopic (exact) mass is 587 g/mol. The van der Waals surface area contributed by atoms with Gasteiger partial charge in [-0.3, -0.25) is 0 Å². The van der Waals surface area contributed by atoms with Crippen molar-refractivity contribution in [3.8, 4) is 0 Å². The molecule has 0 aliphatic heterocycles. The van der Waals surface area contributed by atoms with Crippen molar-refractivity contribution in [3.63, 3.8) is 0 Å². The molecule has 0 heterocycles. The Labute approximate surface area is 267 Å². The van der Waals surface area contributed by atoms with Gasteiger partial charge in [0.15, 0.2) is 0 Å². The molecule has 2 aromatic carbocycles. The van der Waals surface area contributed by atoms with Crippen LogP contribution in [0.5, 0.6) is 0 Å². The van der Waals surface area contributed by atoms with E-state index < -0.39 is 11.2 Å². The lowest BCUT2D eigenvalue weighted by atomic mass is 9.84. The fourth-order valence-electron chi connectivity index (χ4n) is 6.54. The van der Waals surface area contributed by atoms with Crippen molar-refractivity contribution in [3.05, 3.63) is 97.1 Å². The lowest BCUT2D eigenvalue weighted by molar-refractivity contribution is -0.116. The summed E-state index contributed by atoms with van der Waals surface area (Å²) in [6.45, 7) is 13.4. The Kier molecular flexibility index (Phi) is 20.1. The highest BCUT2D eigenvalue weighted by atomic mass is 16.5. The lowest BCUT2D eigenvalue weighted by Crippen LogP contribution is -2.45. The number of ether oxygens (including phenoxy) is 1. The summed E-state index contributed by atoms with van der Waals surface area (Å²) in [5, 5.41) is 0. The van der Waals surface area contributed by atoms with Gasteiger partial charge in [-0.05, 0) is 24.0 Å². The molecule has 1 heteroatoms. The van der Waals surface area contributed by atoms with Crippen LogP contribution in [-0.2, 0) is 17.6 Å². The first-order valence-corrected chi connectivity index (χ1v) is 18.2. The molecule has 0 amide bonds. The van der Waals surface area contributed by atoms with Crippen LogP contribution in [0.4, 0.5) is 0 Å². The van der Waals surface area contributed by atoms with Crippen molar-refractivity contribution in [2.24, 2.45) is 0 Å². The van der Waals surface area contributed by atoms with Gasteiger partial charge in [0, 0.05) is 12.8 Å². The third-order valence-corrected chi connectivity index (χ3v) is 9.25.